The topological polar surface area (TPSA) is 102 Å². The number of nitrogens with zero attached hydrogens (tertiary/aromatic N) is 4. The van der Waals surface area contributed by atoms with Crippen LogP contribution in [0.5, 0.6) is 0 Å². The summed E-state index contributed by atoms with van der Waals surface area (Å²) < 4.78 is 25.9. The van der Waals surface area contributed by atoms with Crippen LogP contribution in [0.15, 0.2) is 23.1 Å². The van der Waals surface area contributed by atoms with Crippen LogP contribution in [0.4, 0.5) is 11.9 Å². The average molecular weight is 363 g/mol. The Bertz CT molecular complexity index is 886. The zero-order chi connectivity index (χ0) is 19.0. The number of anilines is 2. The van der Waals surface area contributed by atoms with Gasteiger partial charge in [-0.05, 0) is 29.5 Å². The summed E-state index contributed by atoms with van der Waals surface area (Å²) in [6, 6.07) is 5.53. The van der Waals surface area contributed by atoms with Gasteiger partial charge in [-0.1, -0.05) is 32.9 Å². The molecule has 0 fully saturated rings. The summed E-state index contributed by atoms with van der Waals surface area (Å²) in [5.41, 5.74) is 7.19. The second-order valence-electron chi connectivity index (χ2n) is 7.29. The van der Waals surface area contributed by atoms with Crippen molar-refractivity contribution >= 4 is 21.7 Å². The van der Waals surface area contributed by atoms with Crippen LogP contribution in [0.2, 0.25) is 0 Å². The van der Waals surface area contributed by atoms with E-state index in [4.69, 9.17) is 5.73 Å². The van der Waals surface area contributed by atoms with E-state index in [2.05, 4.69) is 15.0 Å². The Balaban J connectivity index is 2.47. The first-order chi connectivity index (χ1) is 11.4. The molecule has 1 heterocycles. The molecule has 0 saturated heterocycles. The van der Waals surface area contributed by atoms with Crippen molar-refractivity contribution in [1.82, 2.24) is 15.0 Å². The smallest absolute Gasteiger partial charge is 0.229 e. The van der Waals surface area contributed by atoms with Crippen molar-refractivity contribution in [2.75, 3.05) is 24.7 Å². The highest BCUT2D eigenvalue weighted by molar-refractivity contribution is 7.90. The third kappa shape index (κ3) is 4.45. The van der Waals surface area contributed by atoms with E-state index in [1.165, 1.54) is 0 Å². The molecule has 0 saturated carbocycles. The molecule has 8 heteroatoms. The van der Waals surface area contributed by atoms with Crippen molar-refractivity contribution in [2.24, 2.45) is 0 Å². The molecule has 7 nitrogen and oxygen atoms in total. The number of aryl methyl sites for hydroxylation is 1. The lowest BCUT2D eigenvalue weighted by Gasteiger charge is -2.20. The predicted molar refractivity (Wildman–Crippen MR) is 99.3 cm³/mol. The van der Waals surface area contributed by atoms with Gasteiger partial charge in [-0.3, -0.25) is 0 Å². The molecule has 2 N–H and O–H groups in total. The molecule has 0 spiro atoms. The van der Waals surface area contributed by atoms with Gasteiger partial charge in [0.15, 0.2) is 15.7 Å². The van der Waals surface area contributed by atoms with Crippen molar-refractivity contribution in [3.05, 3.63) is 35.2 Å². The second kappa shape index (κ2) is 6.59. The number of aromatic nitrogens is 3. The molecule has 25 heavy (non-hydrogen) atoms. The zero-order valence-corrected chi connectivity index (χ0v) is 16.3. The van der Waals surface area contributed by atoms with Crippen LogP contribution < -0.4 is 10.6 Å². The highest BCUT2D eigenvalue weighted by Crippen LogP contribution is 2.28. The van der Waals surface area contributed by atoms with E-state index >= 15 is 0 Å². The van der Waals surface area contributed by atoms with Gasteiger partial charge >= 0.3 is 0 Å². The second-order valence-corrected chi connectivity index (χ2v) is 9.25. The molecular formula is C17H25N5O2S. The highest BCUT2D eigenvalue weighted by Gasteiger charge is 2.23. The Morgan fingerprint density at radius 3 is 2.32 bits per heavy atom. The molecule has 0 atom stereocenters. The van der Waals surface area contributed by atoms with Crippen molar-refractivity contribution in [2.45, 2.75) is 43.8 Å². The van der Waals surface area contributed by atoms with E-state index in [1.807, 2.05) is 32.9 Å². The van der Waals surface area contributed by atoms with Crippen LogP contribution >= 0.6 is 0 Å². The van der Waals surface area contributed by atoms with Crippen molar-refractivity contribution < 1.29 is 8.42 Å². The third-order valence-electron chi connectivity index (χ3n) is 3.80. The lowest BCUT2D eigenvalue weighted by molar-refractivity contribution is 0.582. The van der Waals surface area contributed by atoms with Gasteiger partial charge in [0, 0.05) is 14.1 Å². The van der Waals surface area contributed by atoms with Gasteiger partial charge in [-0.25, -0.2) is 8.42 Å². The first-order valence-corrected chi connectivity index (χ1v) is 9.57. The van der Waals surface area contributed by atoms with Gasteiger partial charge in [0.05, 0.1) is 4.90 Å². The van der Waals surface area contributed by atoms with Crippen LogP contribution in [0, 0.1) is 6.92 Å². The van der Waals surface area contributed by atoms with E-state index in [-0.39, 0.29) is 22.9 Å². The fourth-order valence-electron chi connectivity index (χ4n) is 2.34. The maximum atomic E-state index is 12.9. The molecule has 0 aliphatic carbocycles. The Morgan fingerprint density at radius 2 is 1.76 bits per heavy atom. The monoisotopic (exact) mass is 363 g/mol. The number of nitrogen functional groups attached to an aromatic ring is 1. The summed E-state index contributed by atoms with van der Waals surface area (Å²) in [7, 11) is -0.105. The van der Waals surface area contributed by atoms with Crippen molar-refractivity contribution in [3.63, 3.8) is 0 Å². The van der Waals surface area contributed by atoms with E-state index < -0.39 is 9.84 Å². The summed E-state index contributed by atoms with van der Waals surface area (Å²) in [5.74, 6) is 0.147. The first-order valence-electron chi connectivity index (χ1n) is 7.92. The Hall–Kier alpha value is -2.22. The van der Waals surface area contributed by atoms with E-state index in [0.717, 1.165) is 5.56 Å². The first kappa shape index (κ1) is 19.1. The predicted octanol–water partition coefficient (Wildman–Crippen LogP) is 2.10. The summed E-state index contributed by atoms with van der Waals surface area (Å²) in [4.78, 5) is 14.1. The van der Waals surface area contributed by atoms with E-state index in [0.29, 0.717) is 16.4 Å². The normalized spacial score (nSPS) is 12.2. The highest BCUT2D eigenvalue weighted by atomic mass is 32.2. The molecule has 1 aromatic carbocycles. The summed E-state index contributed by atoms with van der Waals surface area (Å²) >= 11 is 0. The van der Waals surface area contributed by atoms with E-state index in [1.54, 1.807) is 32.0 Å². The fraction of sp³-hybridized carbons (Fsp3) is 0.471. The van der Waals surface area contributed by atoms with E-state index in [9.17, 15) is 8.42 Å². The number of rotatable bonds is 4. The number of hydrogen-bond donors (Lipinski definition) is 1. The number of sulfone groups is 1. The van der Waals surface area contributed by atoms with Crippen LogP contribution in [0.25, 0.3) is 0 Å². The van der Waals surface area contributed by atoms with Crippen LogP contribution in [0.3, 0.4) is 0 Å². The molecular weight excluding hydrogens is 338 g/mol. The van der Waals surface area contributed by atoms with Gasteiger partial charge in [-0.15, -0.1) is 0 Å². The maximum Gasteiger partial charge on any atom is 0.229 e. The van der Waals surface area contributed by atoms with Gasteiger partial charge in [-0.2, -0.15) is 15.0 Å². The lowest BCUT2D eigenvalue weighted by Crippen LogP contribution is -2.18. The van der Waals surface area contributed by atoms with Gasteiger partial charge in [0.2, 0.25) is 11.9 Å². The van der Waals surface area contributed by atoms with Gasteiger partial charge in [0.25, 0.3) is 0 Å². The summed E-state index contributed by atoms with van der Waals surface area (Å²) in [5, 5.41) is 0. The molecule has 0 aliphatic heterocycles. The van der Waals surface area contributed by atoms with Crippen LogP contribution in [0.1, 0.15) is 37.7 Å². The lowest BCUT2D eigenvalue weighted by atomic mass is 9.87. The Kier molecular flexibility index (Phi) is 5.04. The SMILES string of the molecule is Cc1ccc(C(C)(C)C)cc1S(=O)(=O)Cc1nc(N)nc(N(C)C)n1. The molecule has 0 radical (unpaired) electrons. The molecule has 2 rings (SSSR count). The molecule has 136 valence electrons. The molecule has 0 unspecified atom stereocenters. The Morgan fingerprint density at radius 1 is 1.12 bits per heavy atom. The molecule has 2 aromatic rings. The van der Waals surface area contributed by atoms with Crippen LogP contribution in [-0.2, 0) is 21.0 Å². The number of nitrogens with two attached hydrogens (primary N) is 1. The minimum atomic E-state index is -3.61. The zero-order valence-electron chi connectivity index (χ0n) is 15.5. The van der Waals surface area contributed by atoms with Crippen molar-refractivity contribution in [1.29, 1.82) is 0 Å². The van der Waals surface area contributed by atoms with Crippen LogP contribution in [-0.4, -0.2) is 37.5 Å². The largest absolute Gasteiger partial charge is 0.368 e. The minimum absolute atomic E-state index is 0.00376. The quantitative estimate of drug-likeness (QED) is 0.887. The number of benzene rings is 1. The van der Waals surface area contributed by atoms with Gasteiger partial charge in [0.1, 0.15) is 5.75 Å². The minimum Gasteiger partial charge on any atom is -0.368 e. The number of hydrogen-bond acceptors (Lipinski definition) is 7. The standard InChI is InChI=1S/C17H25N5O2S/c1-11-7-8-12(17(2,3)4)9-13(11)25(23,24)10-14-19-15(18)21-16(20-14)22(5)6/h7-9H,10H2,1-6H3,(H2,18,19,20,21). The summed E-state index contributed by atoms with van der Waals surface area (Å²) in [6.45, 7) is 7.92. The average Bonchev–Trinajstić information content (AvgIpc) is 2.44. The third-order valence-corrected chi connectivity index (χ3v) is 5.54. The Labute approximate surface area is 149 Å². The molecule has 0 bridgehead atoms. The fourth-order valence-corrected chi connectivity index (χ4v) is 3.83. The molecule has 0 aliphatic rings. The molecule has 1 aromatic heterocycles. The summed E-state index contributed by atoms with van der Waals surface area (Å²) in [6.07, 6.45) is 0. The maximum absolute atomic E-state index is 12.9. The van der Waals surface area contributed by atoms with Gasteiger partial charge < -0.3 is 10.6 Å². The molecule has 0 amide bonds. The van der Waals surface area contributed by atoms with Crippen molar-refractivity contribution in [3.8, 4) is 0 Å².